The first-order chi connectivity index (χ1) is 11.0. The van der Waals surface area contributed by atoms with Crippen LogP contribution < -0.4 is 0 Å². The summed E-state index contributed by atoms with van der Waals surface area (Å²) in [7, 11) is 0. The molecule has 0 spiro atoms. The average Bonchev–Trinajstić information content (AvgIpc) is 2.91. The number of ether oxygens (including phenoxy) is 1. The van der Waals surface area contributed by atoms with Crippen molar-refractivity contribution in [3.63, 3.8) is 0 Å². The fourth-order valence-corrected chi connectivity index (χ4v) is 2.40. The van der Waals surface area contributed by atoms with Crippen LogP contribution in [0.15, 0.2) is 63.7 Å². The van der Waals surface area contributed by atoms with Gasteiger partial charge in [0.1, 0.15) is 0 Å². The quantitative estimate of drug-likeness (QED) is 0.356. The van der Waals surface area contributed by atoms with Crippen LogP contribution in [0.1, 0.15) is 11.1 Å². The molecule has 0 amide bonds. The molecule has 0 saturated heterocycles. The zero-order valence-corrected chi connectivity index (χ0v) is 13.2. The van der Waals surface area contributed by atoms with Crippen LogP contribution in [-0.4, -0.2) is 16.8 Å². The van der Waals surface area contributed by atoms with Crippen molar-refractivity contribution >= 4 is 39.6 Å². The molecule has 0 aromatic heterocycles. The van der Waals surface area contributed by atoms with Crippen LogP contribution in [0.2, 0.25) is 0 Å². The number of carbonyl (C=O) groups excluding carboxylic acids is 1. The Morgan fingerprint density at radius 1 is 1.13 bits per heavy atom. The van der Waals surface area contributed by atoms with E-state index in [2.05, 4.69) is 20.9 Å². The second-order valence-corrected chi connectivity index (χ2v) is 5.52. The van der Waals surface area contributed by atoms with Crippen molar-refractivity contribution in [2.45, 2.75) is 0 Å². The van der Waals surface area contributed by atoms with Crippen molar-refractivity contribution in [2.75, 3.05) is 0 Å². The molecule has 0 bridgehead atoms. The number of hydrogen-bond donors (Lipinski definition) is 0. The number of aliphatic imine (C=N–C) groups is 1. The predicted octanol–water partition coefficient (Wildman–Crippen LogP) is 3.70. The molecule has 0 unspecified atom stereocenters. The highest BCUT2D eigenvalue weighted by Crippen LogP contribution is 2.24. The molecule has 23 heavy (non-hydrogen) atoms. The summed E-state index contributed by atoms with van der Waals surface area (Å²) in [5, 5.41) is 10.6. The molecule has 3 rings (SSSR count). The number of rotatable bonds is 3. The monoisotopic (exact) mass is 372 g/mol. The van der Waals surface area contributed by atoms with E-state index in [1.807, 2.05) is 24.3 Å². The van der Waals surface area contributed by atoms with Crippen molar-refractivity contribution in [3.8, 4) is 0 Å². The summed E-state index contributed by atoms with van der Waals surface area (Å²) in [6, 6.07) is 13.1. The van der Waals surface area contributed by atoms with Crippen LogP contribution in [0, 0.1) is 10.1 Å². The van der Waals surface area contributed by atoms with Gasteiger partial charge < -0.3 is 4.74 Å². The SMILES string of the molecule is O=C1OC(c2ccc([N+](=O)[O-])cc2)=N/C1=C/c1ccccc1Br. The Morgan fingerprint density at radius 2 is 1.83 bits per heavy atom. The number of hydrogen-bond acceptors (Lipinski definition) is 5. The minimum Gasteiger partial charge on any atom is -0.402 e. The Labute approximate surface area is 139 Å². The van der Waals surface area contributed by atoms with Crippen molar-refractivity contribution < 1.29 is 14.5 Å². The molecule has 0 N–H and O–H groups in total. The Morgan fingerprint density at radius 3 is 2.48 bits per heavy atom. The van der Waals surface area contributed by atoms with Gasteiger partial charge in [0, 0.05) is 22.2 Å². The average molecular weight is 373 g/mol. The van der Waals surface area contributed by atoms with E-state index in [1.165, 1.54) is 24.3 Å². The first kappa shape index (κ1) is 15.1. The summed E-state index contributed by atoms with van der Waals surface area (Å²) in [4.78, 5) is 26.2. The first-order valence-electron chi connectivity index (χ1n) is 6.56. The molecule has 1 heterocycles. The van der Waals surface area contributed by atoms with Gasteiger partial charge in [-0.2, -0.15) is 0 Å². The Balaban J connectivity index is 1.92. The lowest BCUT2D eigenvalue weighted by molar-refractivity contribution is -0.384. The number of benzene rings is 2. The van der Waals surface area contributed by atoms with E-state index in [9.17, 15) is 14.9 Å². The van der Waals surface area contributed by atoms with E-state index in [4.69, 9.17) is 4.74 Å². The van der Waals surface area contributed by atoms with Crippen LogP contribution in [0.25, 0.3) is 6.08 Å². The lowest BCUT2D eigenvalue weighted by Crippen LogP contribution is -2.05. The second-order valence-electron chi connectivity index (χ2n) is 4.66. The van der Waals surface area contributed by atoms with Crippen LogP contribution in [-0.2, 0) is 9.53 Å². The minimum atomic E-state index is -0.561. The minimum absolute atomic E-state index is 0.0392. The fraction of sp³-hybridized carbons (Fsp3) is 0. The van der Waals surface area contributed by atoms with Crippen LogP contribution in [0.3, 0.4) is 0 Å². The molecule has 1 aliphatic heterocycles. The largest absolute Gasteiger partial charge is 0.402 e. The van der Waals surface area contributed by atoms with E-state index in [0.717, 1.165) is 10.0 Å². The van der Waals surface area contributed by atoms with Crippen molar-refractivity contribution in [3.05, 3.63) is 79.9 Å². The number of nitro benzene ring substituents is 1. The summed E-state index contributed by atoms with van der Waals surface area (Å²) < 4.78 is 5.96. The molecule has 2 aromatic rings. The third-order valence-electron chi connectivity index (χ3n) is 3.14. The smallest absolute Gasteiger partial charge is 0.363 e. The number of nitro groups is 1. The van der Waals surface area contributed by atoms with Gasteiger partial charge in [-0.3, -0.25) is 10.1 Å². The number of non-ortho nitro benzene ring substituents is 1. The van der Waals surface area contributed by atoms with Gasteiger partial charge in [0.2, 0.25) is 5.90 Å². The predicted molar refractivity (Wildman–Crippen MR) is 87.8 cm³/mol. The van der Waals surface area contributed by atoms with E-state index < -0.39 is 10.9 Å². The van der Waals surface area contributed by atoms with Gasteiger partial charge in [0.05, 0.1) is 4.92 Å². The number of carbonyl (C=O) groups is 1. The molecule has 0 atom stereocenters. The van der Waals surface area contributed by atoms with Crippen LogP contribution in [0.5, 0.6) is 0 Å². The fourth-order valence-electron chi connectivity index (χ4n) is 2.00. The van der Waals surface area contributed by atoms with Crippen LogP contribution >= 0.6 is 15.9 Å². The van der Waals surface area contributed by atoms with E-state index in [1.54, 1.807) is 6.08 Å². The lowest BCUT2D eigenvalue weighted by atomic mass is 10.2. The maximum Gasteiger partial charge on any atom is 0.363 e. The van der Waals surface area contributed by atoms with E-state index in [0.29, 0.717) is 5.56 Å². The number of halogens is 1. The zero-order chi connectivity index (χ0) is 16.4. The van der Waals surface area contributed by atoms with Gasteiger partial charge in [-0.15, -0.1) is 0 Å². The number of nitrogens with zero attached hydrogens (tertiary/aromatic N) is 2. The summed E-state index contributed by atoms with van der Waals surface area (Å²) >= 11 is 3.40. The van der Waals surface area contributed by atoms with Crippen molar-refractivity contribution in [1.82, 2.24) is 0 Å². The third kappa shape index (κ3) is 3.19. The molecule has 0 radical (unpaired) electrons. The molecule has 114 valence electrons. The van der Waals surface area contributed by atoms with E-state index in [-0.39, 0.29) is 17.3 Å². The first-order valence-corrected chi connectivity index (χ1v) is 7.36. The molecular weight excluding hydrogens is 364 g/mol. The maximum atomic E-state index is 11.9. The van der Waals surface area contributed by atoms with Gasteiger partial charge in [-0.25, -0.2) is 9.79 Å². The molecule has 1 aliphatic rings. The molecule has 0 aliphatic carbocycles. The highest BCUT2D eigenvalue weighted by atomic mass is 79.9. The normalized spacial score (nSPS) is 15.4. The molecule has 2 aromatic carbocycles. The van der Waals surface area contributed by atoms with Crippen molar-refractivity contribution in [1.29, 1.82) is 0 Å². The van der Waals surface area contributed by atoms with Gasteiger partial charge >= 0.3 is 5.97 Å². The molecule has 0 saturated carbocycles. The number of esters is 1. The van der Waals surface area contributed by atoms with Gasteiger partial charge in [-0.05, 0) is 29.8 Å². The summed E-state index contributed by atoms with van der Waals surface area (Å²) in [6.07, 6.45) is 1.62. The summed E-state index contributed by atoms with van der Waals surface area (Å²) in [6.45, 7) is 0. The highest BCUT2D eigenvalue weighted by molar-refractivity contribution is 9.10. The Kier molecular flexibility index (Phi) is 4.03. The second kappa shape index (κ2) is 6.13. The molecule has 0 fully saturated rings. The molecule has 6 nitrogen and oxygen atoms in total. The third-order valence-corrected chi connectivity index (χ3v) is 3.87. The Hall–Kier alpha value is -2.80. The molecular formula is C16H9BrN2O4. The zero-order valence-electron chi connectivity index (χ0n) is 11.6. The lowest BCUT2D eigenvalue weighted by Gasteiger charge is -1.98. The molecule has 7 heteroatoms. The topological polar surface area (TPSA) is 81.8 Å². The van der Waals surface area contributed by atoms with E-state index >= 15 is 0 Å². The van der Waals surface area contributed by atoms with Gasteiger partial charge in [0.15, 0.2) is 5.70 Å². The standard InChI is InChI=1S/C16H9BrN2O4/c17-13-4-2-1-3-11(13)9-14-16(20)23-15(18-14)10-5-7-12(8-6-10)19(21)22/h1-9H/b14-9+. The van der Waals surface area contributed by atoms with Crippen LogP contribution in [0.4, 0.5) is 5.69 Å². The van der Waals surface area contributed by atoms with Gasteiger partial charge in [-0.1, -0.05) is 34.1 Å². The Bertz CT molecular complexity index is 857. The van der Waals surface area contributed by atoms with Crippen molar-refractivity contribution in [2.24, 2.45) is 4.99 Å². The number of cyclic esters (lactones) is 1. The maximum absolute atomic E-state index is 11.9. The highest BCUT2D eigenvalue weighted by Gasteiger charge is 2.24. The summed E-state index contributed by atoms with van der Waals surface area (Å²) in [5.41, 5.74) is 1.43. The summed E-state index contributed by atoms with van der Waals surface area (Å²) in [5.74, 6) is -0.433. The van der Waals surface area contributed by atoms with Gasteiger partial charge in [0.25, 0.3) is 5.69 Å².